The van der Waals surface area contributed by atoms with Gasteiger partial charge in [0.15, 0.2) is 0 Å². The minimum absolute atomic E-state index is 0. The zero-order valence-electron chi connectivity index (χ0n) is 13.3. The van der Waals surface area contributed by atoms with Gasteiger partial charge in [0, 0.05) is 11.7 Å². The molecule has 7 heteroatoms. The summed E-state index contributed by atoms with van der Waals surface area (Å²) >= 11 is 3.91. The van der Waals surface area contributed by atoms with Crippen molar-refractivity contribution in [2.75, 3.05) is 12.4 Å². The molecule has 3 rings (SSSR count). The van der Waals surface area contributed by atoms with Crippen LogP contribution in [-0.2, 0) is 9.53 Å². The van der Waals surface area contributed by atoms with E-state index in [2.05, 4.69) is 30.1 Å². The fraction of sp³-hybridized carbons (Fsp3) is 0.222. The van der Waals surface area contributed by atoms with Gasteiger partial charge >= 0.3 is 12.1 Å². The summed E-state index contributed by atoms with van der Waals surface area (Å²) in [5.41, 5.74) is 4.49. The molecule has 1 aliphatic rings. The topological polar surface area (TPSA) is 107 Å². The first kappa shape index (κ1) is 18.8. The van der Waals surface area contributed by atoms with Crippen LogP contribution in [-0.4, -0.2) is 41.0 Å². The third-order valence-corrected chi connectivity index (χ3v) is 4.48. The van der Waals surface area contributed by atoms with Crippen molar-refractivity contribution in [2.24, 2.45) is 0 Å². The largest absolute Gasteiger partial charge is 0.480 e. The molecule has 6 nitrogen and oxygen atoms in total. The lowest BCUT2D eigenvalue weighted by atomic mass is 9.98. The maximum atomic E-state index is 11.9. The Balaban J connectivity index is 0.00000225. The number of fused-ring (bicyclic) bond motifs is 3. The average Bonchev–Trinajstić information content (AvgIpc) is 2.91. The van der Waals surface area contributed by atoms with E-state index in [1.807, 2.05) is 36.4 Å². The van der Waals surface area contributed by atoms with Gasteiger partial charge in [-0.1, -0.05) is 48.5 Å². The van der Waals surface area contributed by atoms with Gasteiger partial charge in [-0.3, -0.25) is 0 Å². The summed E-state index contributed by atoms with van der Waals surface area (Å²) in [6.07, 6.45) is -0.752. The molecule has 4 N–H and O–H groups in total. The number of ether oxygens (including phenoxy) is 1. The van der Waals surface area contributed by atoms with Gasteiger partial charge in [0.1, 0.15) is 12.6 Å². The molecule has 0 spiro atoms. The maximum absolute atomic E-state index is 11.9. The number of hydrogen-bond acceptors (Lipinski definition) is 4. The van der Waals surface area contributed by atoms with E-state index in [1.54, 1.807) is 0 Å². The lowest BCUT2D eigenvalue weighted by molar-refractivity contribution is -0.138. The third kappa shape index (κ3) is 3.78. The number of rotatable bonds is 5. The molecule has 132 valence electrons. The number of aliphatic carboxylic acids is 1. The highest BCUT2D eigenvalue weighted by atomic mass is 32.1. The van der Waals surface area contributed by atoms with Crippen molar-refractivity contribution in [2.45, 2.75) is 12.0 Å². The second-order valence-electron chi connectivity index (χ2n) is 5.54. The summed E-state index contributed by atoms with van der Waals surface area (Å²) < 4.78 is 5.27. The fourth-order valence-electron chi connectivity index (χ4n) is 2.97. The molecule has 1 amide bonds. The van der Waals surface area contributed by atoms with Crippen LogP contribution in [0, 0.1) is 0 Å². The summed E-state index contributed by atoms with van der Waals surface area (Å²) in [5, 5.41) is 11.2. The summed E-state index contributed by atoms with van der Waals surface area (Å²) in [6, 6.07) is 15.0. The van der Waals surface area contributed by atoms with E-state index in [0.717, 1.165) is 22.3 Å². The van der Waals surface area contributed by atoms with Crippen LogP contribution in [0.5, 0.6) is 0 Å². The molecule has 0 saturated carbocycles. The van der Waals surface area contributed by atoms with Gasteiger partial charge in [-0.2, -0.15) is 12.6 Å². The maximum Gasteiger partial charge on any atom is 0.407 e. The zero-order chi connectivity index (χ0) is 17.1. The first-order valence-electron chi connectivity index (χ1n) is 7.57. The number of carboxylic acid groups (broad SMARTS) is 1. The normalized spacial score (nSPS) is 13.2. The number of amides is 1. The van der Waals surface area contributed by atoms with Crippen molar-refractivity contribution < 1.29 is 24.9 Å². The quantitative estimate of drug-likeness (QED) is 0.709. The van der Waals surface area contributed by atoms with Crippen LogP contribution in [0.4, 0.5) is 4.79 Å². The smallest absolute Gasteiger partial charge is 0.407 e. The molecule has 25 heavy (non-hydrogen) atoms. The molecule has 2 aromatic rings. The van der Waals surface area contributed by atoms with E-state index in [1.165, 1.54) is 0 Å². The highest BCUT2D eigenvalue weighted by Crippen LogP contribution is 2.44. The predicted molar refractivity (Wildman–Crippen MR) is 97.1 cm³/mol. The van der Waals surface area contributed by atoms with Crippen molar-refractivity contribution in [3.8, 4) is 11.1 Å². The molecule has 0 fully saturated rings. The van der Waals surface area contributed by atoms with Crippen molar-refractivity contribution in [3.05, 3.63) is 59.7 Å². The number of alkyl carbamates (subject to hydrolysis) is 1. The minimum atomic E-state index is -1.14. The molecule has 0 aromatic heterocycles. The van der Waals surface area contributed by atoms with E-state index in [-0.39, 0.29) is 23.8 Å². The number of thiol groups is 1. The van der Waals surface area contributed by atoms with Crippen LogP contribution in [0.15, 0.2) is 48.5 Å². The molecular weight excluding hydrogens is 342 g/mol. The SMILES string of the molecule is O.O=C(NC(CS)C(=O)O)OCC1c2ccccc2-c2ccccc21. The molecule has 2 aromatic carbocycles. The molecule has 0 saturated heterocycles. The van der Waals surface area contributed by atoms with E-state index in [4.69, 9.17) is 9.84 Å². The Kier molecular flexibility index (Phi) is 6.06. The van der Waals surface area contributed by atoms with Crippen molar-refractivity contribution in [1.82, 2.24) is 5.32 Å². The van der Waals surface area contributed by atoms with E-state index in [9.17, 15) is 9.59 Å². The lowest BCUT2D eigenvalue weighted by Gasteiger charge is -2.16. The Morgan fingerprint density at radius 3 is 2.08 bits per heavy atom. The molecule has 0 bridgehead atoms. The summed E-state index contributed by atoms with van der Waals surface area (Å²) in [5.74, 6) is -1.19. The van der Waals surface area contributed by atoms with E-state index >= 15 is 0 Å². The molecule has 1 atom stereocenters. The standard InChI is InChI=1S/C18H17NO4S.H2O/c20-17(21)16(10-24)19-18(22)23-9-15-13-7-3-1-5-11(13)12-6-2-4-8-14(12)15;/h1-8,15-16,24H,9-10H2,(H,19,22)(H,20,21);1H2. The summed E-state index contributed by atoms with van der Waals surface area (Å²) in [6.45, 7) is 0.152. The molecular formula is C18H19NO5S. The van der Waals surface area contributed by atoms with Crippen LogP contribution in [0.25, 0.3) is 11.1 Å². The van der Waals surface area contributed by atoms with Gasteiger partial charge in [0.25, 0.3) is 0 Å². The molecule has 0 aliphatic heterocycles. The van der Waals surface area contributed by atoms with Crippen molar-refractivity contribution in [1.29, 1.82) is 0 Å². The van der Waals surface area contributed by atoms with Gasteiger partial charge in [-0.25, -0.2) is 9.59 Å². The zero-order valence-corrected chi connectivity index (χ0v) is 14.2. The van der Waals surface area contributed by atoms with Crippen LogP contribution >= 0.6 is 12.6 Å². The average molecular weight is 361 g/mol. The highest BCUT2D eigenvalue weighted by molar-refractivity contribution is 7.80. The number of hydrogen-bond donors (Lipinski definition) is 3. The molecule has 1 aliphatic carbocycles. The number of carbonyl (C=O) groups excluding carboxylic acids is 1. The van der Waals surface area contributed by atoms with Gasteiger partial charge in [0.05, 0.1) is 0 Å². The number of carbonyl (C=O) groups is 2. The van der Waals surface area contributed by atoms with Gasteiger partial charge in [-0.15, -0.1) is 0 Å². The first-order chi connectivity index (χ1) is 11.6. The van der Waals surface area contributed by atoms with E-state index < -0.39 is 18.1 Å². The second kappa shape index (κ2) is 8.04. The number of nitrogens with one attached hydrogen (secondary N) is 1. The molecule has 1 unspecified atom stereocenters. The Labute approximate surface area is 150 Å². The predicted octanol–water partition coefficient (Wildman–Crippen LogP) is 2.08. The number of benzene rings is 2. The van der Waals surface area contributed by atoms with Gasteiger partial charge < -0.3 is 20.6 Å². The minimum Gasteiger partial charge on any atom is -0.480 e. The van der Waals surface area contributed by atoms with Crippen molar-refractivity contribution in [3.63, 3.8) is 0 Å². The monoisotopic (exact) mass is 361 g/mol. The lowest BCUT2D eigenvalue weighted by Crippen LogP contribution is -2.42. The Morgan fingerprint density at radius 2 is 1.60 bits per heavy atom. The summed E-state index contributed by atoms with van der Waals surface area (Å²) in [4.78, 5) is 22.8. The number of carboxylic acids is 1. The molecule has 0 radical (unpaired) electrons. The van der Waals surface area contributed by atoms with Crippen LogP contribution in [0.2, 0.25) is 0 Å². The van der Waals surface area contributed by atoms with E-state index in [0.29, 0.717) is 0 Å². The summed E-state index contributed by atoms with van der Waals surface area (Å²) in [7, 11) is 0. The van der Waals surface area contributed by atoms with Crippen LogP contribution in [0.1, 0.15) is 17.0 Å². The highest BCUT2D eigenvalue weighted by Gasteiger charge is 2.29. The Bertz CT molecular complexity index is 734. The third-order valence-electron chi connectivity index (χ3n) is 4.12. The van der Waals surface area contributed by atoms with Gasteiger partial charge in [0.2, 0.25) is 0 Å². The Hall–Kier alpha value is -2.51. The van der Waals surface area contributed by atoms with Crippen LogP contribution in [0.3, 0.4) is 0 Å². The fourth-order valence-corrected chi connectivity index (χ4v) is 3.22. The molecule has 0 heterocycles. The van der Waals surface area contributed by atoms with Gasteiger partial charge in [-0.05, 0) is 22.3 Å². The first-order valence-corrected chi connectivity index (χ1v) is 8.20. The second-order valence-corrected chi connectivity index (χ2v) is 5.91. The van der Waals surface area contributed by atoms with Crippen LogP contribution < -0.4 is 5.32 Å². The van der Waals surface area contributed by atoms with Crippen molar-refractivity contribution >= 4 is 24.7 Å². The Morgan fingerprint density at radius 1 is 1.08 bits per heavy atom.